The predicted molar refractivity (Wildman–Crippen MR) is 65.4 cm³/mol. The number of halogens is 2. The summed E-state index contributed by atoms with van der Waals surface area (Å²) >= 11 is 2.88. The topological polar surface area (TPSA) is 92.4 Å². The Morgan fingerprint density at radius 2 is 2.18 bits per heavy atom. The Bertz CT molecular complexity index is 519. The van der Waals surface area contributed by atoms with Gasteiger partial charge < -0.3 is 10.8 Å². The first-order chi connectivity index (χ1) is 7.74. The third-order valence-electron chi connectivity index (χ3n) is 1.91. The molecule has 1 aromatic carbocycles. The van der Waals surface area contributed by atoms with Crippen LogP contribution in [0.2, 0.25) is 0 Å². The number of hydrogen-bond donors (Lipinski definition) is 3. The minimum Gasteiger partial charge on any atom is -0.398 e. The molecule has 5 nitrogen and oxygen atoms in total. The van der Waals surface area contributed by atoms with Gasteiger partial charge in [0.25, 0.3) is 0 Å². The second-order valence-electron chi connectivity index (χ2n) is 3.51. The first-order valence-corrected chi connectivity index (χ1v) is 6.94. The number of nitrogens with two attached hydrogens (primary N) is 1. The molecule has 0 aliphatic heterocycles. The highest BCUT2D eigenvalue weighted by molar-refractivity contribution is 9.10. The largest absolute Gasteiger partial charge is 0.398 e. The summed E-state index contributed by atoms with van der Waals surface area (Å²) < 4.78 is 38.8. The molecule has 17 heavy (non-hydrogen) atoms. The van der Waals surface area contributed by atoms with Crippen molar-refractivity contribution in [3.63, 3.8) is 0 Å². The van der Waals surface area contributed by atoms with Gasteiger partial charge in [-0.15, -0.1) is 0 Å². The van der Waals surface area contributed by atoms with Crippen LogP contribution in [0.1, 0.15) is 6.92 Å². The second kappa shape index (κ2) is 5.30. The molecule has 0 amide bonds. The number of aliphatic hydroxyl groups excluding tert-OH is 1. The summed E-state index contributed by atoms with van der Waals surface area (Å²) in [6.07, 6.45) is -0.824. The summed E-state index contributed by atoms with van der Waals surface area (Å²) in [5, 5.41) is 9.00. The third kappa shape index (κ3) is 3.63. The lowest BCUT2D eigenvalue weighted by Gasteiger charge is -2.11. The zero-order valence-electron chi connectivity index (χ0n) is 8.94. The van der Waals surface area contributed by atoms with Crippen molar-refractivity contribution in [2.75, 3.05) is 12.3 Å². The van der Waals surface area contributed by atoms with Crippen molar-refractivity contribution in [2.45, 2.75) is 17.9 Å². The molecule has 0 unspecified atom stereocenters. The van der Waals surface area contributed by atoms with E-state index in [-0.39, 0.29) is 21.6 Å². The molecule has 0 aliphatic carbocycles. The van der Waals surface area contributed by atoms with Crippen LogP contribution in [0.15, 0.2) is 21.5 Å². The van der Waals surface area contributed by atoms with Crippen LogP contribution in [-0.2, 0) is 10.0 Å². The van der Waals surface area contributed by atoms with E-state index in [0.717, 1.165) is 12.1 Å². The van der Waals surface area contributed by atoms with E-state index in [1.54, 1.807) is 0 Å². The summed E-state index contributed by atoms with van der Waals surface area (Å²) in [7, 11) is -3.86. The summed E-state index contributed by atoms with van der Waals surface area (Å²) in [5.41, 5.74) is 5.25. The number of nitrogen functional groups attached to an aromatic ring is 1. The van der Waals surface area contributed by atoms with E-state index >= 15 is 0 Å². The maximum Gasteiger partial charge on any atom is 0.242 e. The van der Waals surface area contributed by atoms with Gasteiger partial charge in [0.1, 0.15) is 10.7 Å². The second-order valence-corrected chi connectivity index (χ2v) is 6.09. The van der Waals surface area contributed by atoms with Crippen LogP contribution in [0.5, 0.6) is 0 Å². The minimum absolute atomic E-state index is 0.00382. The van der Waals surface area contributed by atoms with E-state index in [1.807, 2.05) is 0 Å². The Morgan fingerprint density at radius 1 is 1.59 bits per heavy atom. The monoisotopic (exact) mass is 326 g/mol. The van der Waals surface area contributed by atoms with Gasteiger partial charge in [-0.05, 0) is 35.0 Å². The Hall–Kier alpha value is -0.700. The highest BCUT2D eigenvalue weighted by Crippen LogP contribution is 2.25. The fraction of sp³-hybridized carbons (Fsp3) is 0.333. The van der Waals surface area contributed by atoms with Crippen LogP contribution < -0.4 is 10.5 Å². The molecule has 0 aromatic heterocycles. The highest BCUT2D eigenvalue weighted by atomic mass is 79.9. The van der Waals surface area contributed by atoms with Crippen molar-refractivity contribution < 1.29 is 17.9 Å². The van der Waals surface area contributed by atoms with Gasteiger partial charge in [-0.1, -0.05) is 0 Å². The van der Waals surface area contributed by atoms with Gasteiger partial charge in [0.2, 0.25) is 10.0 Å². The molecule has 96 valence electrons. The van der Waals surface area contributed by atoms with Gasteiger partial charge in [-0.3, -0.25) is 0 Å². The number of rotatable bonds is 4. The molecule has 0 saturated heterocycles. The van der Waals surface area contributed by atoms with E-state index in [0.29, 0.717) is 0 Å². The molecule has 1 aromatic rings. The fourth-order valence-electron chi connectivity index (χ4n) is 1.08. The molecule has 0 radical (unpaired) electrons. The Balaban J connectivity index is 3.11. The first kappa shape index (κ1) is 14.4. The number of hydrogen-bond acceptors (Lipinski definition) is 4. The van der Waals surface area contributed by atoms with Crippen molar-refractivity contribution >= 4 is 31.6 Å². The lowest BCUT2D eigenvalue weighted by Crippen LogP contribution is -2.31. The van der Waals surface area contributed by atoms with E-state index in [2.05, 4.69) is 20.7 Å². The zero-order chi connectivity index (χ0) is 13.2. The Kier molecular flexibility index (Phi) is 4.48. The van der Waals surface area contributed by atoms with E-state index in [1.165, 1.54) is 6.92 Å². The lowest BCUT2D eigenvalue weighted by atomic mass is 10.3. The highest BCUT2D eigenvalue weighted by Gasteiger charge is 2.19. The number of sulfonamides is 1. The standard InChI is InChI=1S/C9H12BrFN2O3S/c1-5(14)4-13-17(15,16)9-2-6(10)7(11)3-8(9)12/h2-3,5,13-14H,4,12H2,1H3/t5-/m0/s1. The molecule has 0 saturated carbocycles. The van der Waals surface area contributed by atoms with Crippen LogP contribution in [-0.4, -0.2) is 26.2 Å². The molecule has 0 spiro atoms. The van der Waals surface area contributed by atoms with E-state index in [9.17, 15) is 12.8 Å². The summed E-state index contributed by atoms with van der Waals surface area (Å²) in [6.45, 7) is 1.29. The molecule has 1 atom stereocenters. The summed E-state index contributed by atoms with van der Waals surface area (Å²) in [4.78, 5) is -0.230. The molecule has 8 heteroatoms. The molecule has 0 fully saturated rings. The smallest absolute Gasteiger partial charge is 0.242 e. The van der Waals surface area contributed by atoms with Crippen LogP contribution in [0.25, 0.3) is 0 Å². The van der Waals surface area contributed by atoms with E-state index < -0.39 is 21.9 Å². The Morgan fingerprint density at radius 3 is 2.71 bits per heavy atom. The number of aliphatic hydroxyl groups is 1. The fourth-order valence-corrected chi connectivity index (χ4v) is 2.84. The van der Waals surface area contributed by atoms with Gasteiger partial charge >= 0.3 is 0 Å². The van der Waals surface area contributed by atoms with Gasteiger partial charge in [-0.25, -0.2) is 17.5 Å². The van der Waals surface area contributed by atoms with Crippen LogP contribution in [0, 0.1) is 5.82 Å². The quantitative estimate of drug-likeness (QED) is 0.714. The number of nitrogens with one attached hydrogen (secondary N) is 1. The first-order valence-electron chi connectivity index (χ1n) is 4.66. The minimum atomic E-state index is -3.86. The van der Waals surface area contributed by atoms with Crippen molar-refractivity contribution in [1.29, 1.82) is 0 Å². The van der Waals surface area contributed by atoms with Crippen LogP contribution in [0.4, 0.5) is 10.1 Å². The molecule has 0 heterocycles. The van der Waals surface area contributed by atoms with Gasteiger partial charge in [0.15, 0.2) is 0 Å². The molecule has 0 bridgehead atoms. The molecular weight excluding hydrogens is 315 g/mol. The maximum absolute atomic E-state index is 13.1. The van der Waals surface area contributed by atoms with Gasteiger partial charge in [0, 0.05) is 6.54 Å². The maximum atomic E-state index is 13.1. The zero-order valence-corrected chi connectivity index (χ0v) is 11.3. The number of anilines is 1. The average molecular weight is 327 g/mol. The van der Waals surface area contributed by atoms with Crippen LogP contribution in [0.3, 0.4) is 0 Å². The SMILES string of the molecule is C[C@H](O)CNS(=O)(=O)c1cc(Br)c(F)cc1N. The third-order valence-corrected chi connectivity index (χ3v) is 4.00. The van der Waals surface area contributed by atoms with Crippen LogP contribution >= 0.6 is 15.9 Å². The van der Waals surface area contributed by atoms with Crippen molar-refractivity contribution in [2.24, 2.45) is 0 Å². The molecule has 4 N–H and O–H groups in total. The van der Waals surface area contributed by atoms with Crippen molar-refractivity contribution in [1.82, 2.24) is 4.72 Å². The van der Waals surface area contributed by atoms with Gasteiger partial charge in [-0.2, -0.15) is 0 Å². The predicted octanol–water partition coefficient (Wildman–Crippen LogP) is 0.830. The summed E-state index contributed by atoms with van der Waals surface area (Å²) in [6, 6.07) is 2.00. The van der Waals surface area contributed by atoms with Gasteiger partial charge in [0.05, 0.1) is 16.3 Å². The lowest BCUT2D eigenvalue weighted by molar-refractivity contribution is 0.198. The Labute approximate surface area is 107 Å². The summed E-state index contributed by atoms with van der Waals surface area (Å²) in [5.74, 6) is -0.642. The van der Waals surface area contributed by atoms with Crippen molar-refractivity contribution in [3.05, 3.63) is 22.4 Å². The molecular formula is C9H12BrFN2O3S. The normalized spacial score (nSPS) is 13.6. The molecule has 0 aliphatic rings. The van der Waals surface area contributed by atoms with E-state index in [4.69, 9.17) is 10.8 Å². The number of benzene rings is 1. The molecule has 1 rings (SSSR count). The van der Waals surface area contributed by atoms with Crippen molar-refractivity contribution in [3.8, 4) is 0 Å². The average Bonchev–Trinajstić information content (AvgIpc) is 2.20.